The Labute approximate surface area is 192 Å². The van der Waals surface area contributed by atoms with Gasteiger partial charge in [-0.3, -0.25) is 9.36 Å². The van der Waals surface area contributed by atoms with Gasteiger partial charge in [-0.15, -0.1) is 0 Å². The Morgan fingerprint density at radius 2 is 1.97 bits per heavy atom. The molecule has 1 aliphatic rings. The molecule has 1 unspecified atom stereocenters. The Morgan fingerprint density at radius 1 is 1.12 bits per heavy atom. The van der Waals surface area contributed by atoms with Gasteiger partial charge in [0, 0.05) is 38.3 Å². The molecular formula is C25H29N3O5. The molecule has 8 heteroatoms. The van der Waals surface area contributed by atoms with Gasteiger partial charge in [-0.25, -0.2) is 4.79 Å². The van der Waals surface area contributed by atoms with Crippen LogP contribution in [0.4, 0.5) is 0 Å². The molecule has 0 radical (unpaired) electrons. The normalized spacial score (nSPS) is 13.3. The van der Waals surface area contributed by atoms with Crippen molar-refractivity contribution in [1.29, 1.82) is 0 Å². The zero-order valence-electron chi connectivity index (χ0n) is 19.2. The van der Waals surface area contributed by atoms with Gasteiger partial charge in [-0.2, -0.15) is 0 Å². The van der Waals surface area contributed by atoms with Crippen LogP contribution in [-0.4, -0.2) is 29.5 Å². The molecule has 1 atom stereocenters. The van der Waals surface area contributed by atoms with Crippen LogP contribution in [0.2, 0.25) is 0 Å². The maximum atomic E-state index is 12.1. The van der Waals surface area contributed by atoms with Crippen LogP contribution in [0.3, 0.4) is 0 Å². The Bertz CT molecular complexity index is 1250. The predicted octanol–water partition coefficient (Wildman–Crippen LogP) is 2.42. The summed E-state index contributed by atoms with van der Waals surface area (Å²) in [6.07, 6.45) is 2.42. The van der Waals surface area contributed by atoms with Gasteiger partial charge < -0.3 is 24.1 Å². The molecule has 0 amide bonds. The van der Waals surface area contributed by atoms with E-state index in [1.54, 1.807) is 14.2 Å². The smallest absolute Gasteiger partial charge is 0.330 e. The Kier molecular flexibility index (Phi) is 6.84. The number of nitrogens with zero attached hydrogens (tertiary/aromatic N) is 2. The third kappa shape index (κ3) is 5.12. The molecule has 3 aromatic rings. The minimum atomic E-state index is -0.371. The third-order valence-electron chi connectivity index (χ3n) is 5.87. The molecule has 0 saturated carbocycles. The van der Waals surface area contributed by atoms with Gasteiger partial charge in [0.25, 0.3) is 5.56 Å². The van der Waals surface area contributed by atoms with Crippen molar-refractivity contribution in [3.63, 3.8) is 0 Å². The van der Waals surface area contributed by atoms with E-state index < -0.39 is 0 Å². The van der Waals surface area contributed by atoms with Crippen molar-refractivity contribution in [2.45, 2.75) is 32.5 Å². The predicted molar refractivity (Wildman–Crippen MR) is 125 cm³/mol. The molecule has 1 N–H and O–H groups in total. The van der Waals surface area contributed by atoms with Crippen molar-refractivity contribution in [1.82, 2.24) is 14.5 Å². The highest BCUT2D eigenvalue weighted by Gasteiger charge is 2.15. The van der Waals surface area contributed by atoms with Gasteiger partial charge in [-0.1, -0.05) is 18.2 Å². The number of aromatic nitrogens is 2. The summed E-state index contributed by atoms with van der Waals surface area (Å²) in [5.41, 5.74) is 2.83. The number of rotatable bonds is 9. The fourth-order valence-corrected chi connectivity index (χ4v) is 3.87. The number of hydrogen-bond donors (Lipinski definition) is 1. The molecule has 0 saturated heterocycles. The highest BCUT2D eigenvalue weighted by molar-refractivity contribution is 5.43. The van der Waals surface area contributed by atoms with Crippen LogP contribution in [0.15, 0.2) is 58.3 Å². The van der Waals surface area contributed by atoms with Gasteiger partial charge in [0.05, 0.1) is 20.3 Å². The number of methoxy groups -OCH3 is 1. The van der Waals surface area contributed by atoms with E-state index in [1.807, 2.05) is 24.3 Å². The van der Waals surface area contributed by atoms with Crippen LogP contribution in [0.1, 0.15) is 29.7 Å². The van der Waals surface area contributed by atoms with Gasteiger partial charge in [-0.05, 0) is 41.8 Å². The monoisotopic (exact) mass is 451 g/mol. The van der Waals surface area contributed by atoms with E-state index in [1.165, 1.54) is 28.0 Å². The molecular weight excluding hydrogens is 422 g/mol. The molecule has 33 heavy (non-hydrogen) atoms. The number of hydrogen-bond acceptors (Lipinski definition) is 6. The molecule has 8 nitrogen and oxygen atoms in total. The molecule has 174 valence electrons. The Hall–Kier alpha value is -3.52. The first-order valence-corrected chi connectivity index (χ1v) is 11.0. The fraction of sp³-hybridized carbons (Fsp3) is 0.360. The minimum Gasteiger partial charge on any atom is -0.493 e. The maximum absolute atomic E-state index is 12.1. The molecule has 0 fully saturated rings. The second kappa shape index (κ2) is 9.95. The van der Waals surface area contributed by atoms with E-state index in [9.17, 15) is 9.59 Å². The summed E-state index contributed by atoms with van der Waals surface area (Å²) in [6.45, 7) is 3.89. The molecule has 2 heterocycles. The summed E-state index contributed by atoms with van der Waals surface area (Å²) < 4.78 is 19.4. The van der Waals surface area contributed by atoms with Gasteiger partial charge in [0.2, 0.25) is 0 Å². The minimum absolute atomic E-state index is 0.155. The molecule has 0 bridgehead atoms. The number of nitrogens with one attached hydrogen (secondary N) is 1. The zero-order valence-corrected chi connectivity index (χ0v) is 19.2. The lowest BCUT2D eigenvalue weighted by Crippen LogP contribution is -2.39. The molecule has 2 aromatic carbocycles. The van der Waals surface area contributed by atoms with E-state index in [2.05, 4.69) is 24.4 Å². The average Bonchev–Trinajstić information content (AvgIpc) is 3.30. The summed E-state index contributed by atoms with van der Waals surface area (Å²) in [5.74, 6) is 2.16. The van der Waals surface area contributed by atoms with Crippen LogP contribution >= 0.6 is 0 Å². The van der Waals surface area contributed by atoms with Crippen molar-refractivity contribution < 1.29 is 14.2 Å². The quantitative estimate of drug-likeness (QED) is 0.538. The van der Waals surface area contributed by atoms with Gasteiger partial charge in [0.1, 0.15) is 12.4 Å². The second-order valence-corrected chi connectivity index (χ2v) is 8.10. The van der Waals surface area contributed by atoms with Crippen molar-refractivity contribution in [3.8, 4) is 17.2 Å². The number of benzene rings is 2. The van der Waals surface area contributed by atoms with Crippen molar-refractivity contribution in [3.05, 3.63) is 86.2 Å². The lowest BCUT2D eigenvalue weighted by atomic mass is 10.0. The van der Waals surface area contributed by atoms with E-state index in [-0.39, 0.29) is 30.4 Å². The highest BCUT2D eigenvalue weighted by atomic mass is 16.5. The van der Waals surface area contributed by atoms with E-state index in [0.29, 0.717) is 18.0 Å². The summed E-state index contributed by atoms with van der Waals surface area (Å²) in [6, 6.07) is 13.7. The van der Waals surface area contributed by atoms with E-state index in [4.69, 9.17) is 14.2 Å². The number of fused-ring (bicyclic) bond motifs is 1. The molecule has 4 rings (SSSR count). The van der Waals surface area contributed by atoms with E-state index >= 15 is 0 Å². The average molecular weight is 452 g/mol. The largest absolute Gasteiger partial charge is 0.493 e. The number of ether oxygens (including phenoxy) is 3. The van der Waals surface area contributed by atoms with Crippen LogP contribution in [0.25, 0.3) is 0 Å². The summed E-state index contributed by atoms with van der Waals surface area (Å²) >= 11 is 0. The van der Waals surface area contributed by atoms with Crippen molar-refractivity contribution in [2.75, 3.05) is 20.3 Å². The highest BCUT2D eigenvalue weighted by Crippen LogP contribution is 2.30. The first kappa shape index (κ1) is 22.7. The van der Waals surface area contributed by atoms with Crippen LogP contribution < -0.4 is 30.8 Å². The van der Waals surface area contributed by atoms with Crippen molar-refractivity contribution in [2.24, 2.45) is 7.05 Å². The van der Waals surface area contributed by atoms with Crippen LogP contribution in [0, 0.1) is 0 Å². The second-order valence-electron chi connectivity index (χ2n) is 8.10. The van der Waals surface area contributed by atoms with E-state index in [0.717, 1.165) is 28.9 Å². The van der Waals surface area contributed by atoms with Gasteiger partial charge >= 0.3 is 5.69 Å². The SMILES string of the molecule is COc1cc(CNC(C)c2ccc3c(c2)CCO3)ccc1OCCn1c(=O)ccn(C)c1=O. The standard InChI is InChI=1S/C25H29N3O5/c1-17(19-5-7-21-20(15-19)9-12-32-21)26-16-18-4-6-22(23(14-18)31-3)33-13-11-28-24(29)8-10-27(2)25(28)30/h4-8,10,14-15,17,26H,9,11-13,16H2,1-3H3. The van der Waals surface area contributed by atoms with Crippen LogP contribution in [-0.2, 0) is 26.6 Å². The first-order chi connectivity index (χ1) is 16.0. The Balaban J connectivity index is 1.36. The lowest BCUT2D eigenvalue weighted by Gasteiger charge is -2.17. The summed E-state index contributed by atoms with van der Waals surface area (Å²) in [4.78, 5) is 24.1. The zero-order chi connectivity index (χ0) is 23.4. The number of aryl methyl sites for hydroxylation is 1. The molecule has 0 aliphatic carbocycles. The first-order valence-electron chi connectivity index (χ1n) is 11.0. The molecule has 1 aliphatic heterocycles. The molecule has 0 spiro atoms. The fourth-order valence-electron chi connectivity index (χ4n) is 3.87. The van der Waals surface area contributed by atoms with Gasteiger partial charge in [0.15, 0.2) is 11.5 Å². The Morgan fingerprint density at radius 3 is 2.79 bits per heavy atom. The van der Waals surface area contributed by atoms with Crippen LogP contribution in [0.5, 0.6) is 17.2 Å². The summed E-state index contributed by atoms with van der Waals surface area (Å²) in [5, 5.41) is 3.55. The topological polar surface area (TPSA) is 83.7 Å². The lowest BCUT2D eigenvalue weighted by molar-refractivity contribution is 0.275. The maximum Gasteiger partial charge on any atom is 0.330 e. The third-order valence-corrected chi connectivity index (χ3v) is 5.87. The summed E-state index contributed by atoms with van der Waals surface area (Å²) in [7, 11) is 3.20. The molecule has 1 aromatic heterocycles. The van der Waals surface area contributed by atoms with Crippen molar-refractivity contribution >= 4 is 0 Å².